The maximum Gasteiger partial charge on any atom is 0.216 e. The third-order valence-electron chi connectivity index (χ3n) is 13.4. The smallest absolute Gasteiger partial charge is 0.216 e. The van der Waals surface area contributed by atoms with Crippen LogP contribution in [-0.4, -0.2) is 24.5 Å². The summed E-state index contributed by atoms with van der Waals surface area (Å²) in [6.07, 6.45) is 1.41. The van der Waals surface area contributed by atoms with Crippen molar-refractivity contribution in [3.8, 4) is 50.8 Å². The molecule has 375 valence electrons. The Kier molecular flexibility index (Phi) is 12.6. The molecule has 0 bridgehead atoms. The van der Waals surface area contributed by atoms with Gasteiger partial charge in [-0.2, -0.15) is 0 Å². The zero-order chi connectivity index (χ0) is 56.4. The Morgan fingerprint density at radius 1 is 0.616 bits per heavy atom. The van der Waals surface area contributed by atoms with Crippen molar-refractivity contribution in [2.24, 2.45) is 0 Å². The molecule has 73 heavy (non-hydrogen) atoms. The fourth-order valence-electron chi connectivity index (χ4n) is 9.32. The maximum absolute atomic E-state index is 8.62. The topological polar surface area (TPSA) is 69.6 Å². The minimum atomic E-state index is -2.42. The van der Waals surface area contributed by atoms with E-state index in [1.54, 1.807) is 12.1 Å². The Morgan fingerprint density at radius 3 is 1.86 bits per heavy atom. The second kappa shape index (κ2) is 20.4. The molecule has 10 rings (SSSR count). The molecule has 0 aliphatic rings. The van der Waals surface area contributed by atoms with Gasteiger partial charge in [-0.05, 0) is 117 Å². The third-order valence-corrected chi connectivity index (χ3v) is 13.4. The van der Waals surface area contributed by atoms with E-state index < -0.39 is 13.7 Å². The minimum absolute atomic E-state index is 0. The molecule has 6 nitrogen and oxygen atoms in total. The molecule has 0 N–H and O–H groups in total. The van der Waals surface area contributed by atoms with Crippen LogP contribution in [-0.2, 0) is 36.4 Å². The molecule has 0 fully saturated rings. The second-order valence-electron chi connectivity index (χ2n) is 22.7. The second-order valence-corrected chi connectivity index (χ2v) is 22.7. The van der Waals surface area contributed by atoms with Crippen molar-refractivity contribution in [2.45, 2.75) is 132 Å². The monoisotopic (exact) mass is 1150 g/mol. The number of benzene rings is 6. The van der Waals surface area contributed by atoms with Crippen LogP contribution in [0, 0.1) is 25.8 Å². The van der Waals surface area contributed by atoms with Gasteiger partial charge in [0.2, 0.25) is 5.71 Å². The van der Waals surface area contributed by atoms with E-state index in [1.807, 2.05) is 75.4 Å². The predicted octanol–water partition coefficient (Wildman–Crippen LogP) is 17.8. The minimum Gasteiger partial charge on any atom is -0.486 e. The molecule has 0 atom stereocenters. The van der Waals surface area contributed by atoms with Crippen LogP contribution in [0.25, 0.3) is 83.9 Å². The van der Waals surface area contributed by atoms with Crippen molar-refractivity contribution >= 4 is 33.1 Å². The molecule has 0 saturated heterocycles. The zero-order valence-corrected chi connectivity index (χ0v) is 46.7. The fourth-order valence-corrected chi connectivity index (χ4v) is 9.32. The van der Waals surface area contributed by atoms with Gasteiger partial charge in [0.25, 0.3) is 0 Å². The van der Waals surface area contributed by atoms with Crippen LogP contribution in [0.5, 0.6) is 0 Å². The van der Waals surface area contributed by atoms with E-state index in [4.69, 9.17) is 22.6 Å². The molecule has 0 aliphatic heterocycles. The van der Waals surface area contributed by atoms with Gasteiger partial charge in [0.1, 0.15) is 0 Å². The number of hydrogen-bond donors (Lipinski definition) is 0. The molecule has 0 spiro atoms. The molecular formula is C66H69IrN5O-2. The van der Waals surface area contributed by atoms with Gasteiger partial charge < -0.3 is 8.98 Å². The number of para-hydroxylation sites is 2. The van der Waals surface area contributed by atoms with Crippen molar-refractivity contribution < 1.29 is 32.7 Å². The van der Waals surface area contributed by atoms with Crippen molar-refractivity contribution in [3.63, 3.8) is 0 Å². The van der Waals surface area contributed by atoms with Crippen molar-refractivity contribution in [1.82, 2.24) is 24.5 Å². The van der Waals surface area contributed by atoms with Gasteiger partial charge in [0.15, 0.2) is 0 Å². The summed E-state index contributed by atoms with van der Waals surface area (Å²) in [5.41, 5.74) is 14.3. The van der Waals surface area contributed by atoms with E-state index in [1.165, 1.54) is 34.0 Å². The first-order valence-corrected chi connectivity index (χ1v) is 25.0. The standard InChI is InChI=1S/C51H52N3O.C15H17N2.Ir/c1-30(2)40-27-34(33-17-13-12-14-18-33)28-41(31(3)4)46(40)54-44-20-16-15-19-43(44)52-48(54)39-22-21-32(5)45-38-23-24-42(53-49(38)55-47(39)45)35-25-36(50(6,7)8)29-37(26-35)51(9,10)11;1-11-10-16-14(12-8-6-5-7-9-12)17-13(11)15(2,3)4;/h12-21,23-31H,1-11H3;5-8,10H,1-4H3;/q2*-1;/i5D3;1D3;. The van der Waals surface area contributed by atoms with E-state index in [0.717, 1.165) is 39.1 Å². The molecule has 0 unspecified atom stereocenters. The van der Waals surface area contributed by atoms with Crippen molar-refractivity contribution in [1.29, 1.82) is 0 Å². The van der Waals surface area contributed by atoms with Gasteiger partial charge in [-0.15, -0.1) is 53.6 Å². The van der Waals surface area contributed by atoms with Crippen LogP contribution >= 0.6 is 0 Å². The summed E-state index contributed by atoms with van der Waals surface area (Å²) < 4.78 is 57.8. The number of aryl methyl sites for hydroxylation is 2. The Bertz CT molecular complexity index is 3770. The Morgan fingerprint density at radius 2 is 1.26 bits per heavy atom. The van der Waals surface area contributed by atoms with E-state index in [0.29, 0.717) is 45.0 Å². The van der Waals surface area contributed by atoms with E-state index in [-0.39, 0.29) is 59.3 Å². The van der Waals surface area contributed by atoms with E-state index in [2.05, 4.69) is 157 Å². The molecule has 0 aliphatic carbocycles. The quantitative estimate of drug-likeness (QED) is 0.149. The van der Waals surface area contributed by atoms with Gasteiger partial charge in [-0.25, -0.2) is 4.98 Å². The van der Waals surface area contributed by atoms with Crippen LogP contribution in [0.15, 0.2) is 138 Å². The van der Waals surface area contributed by atoms with Crippen molar-refractivity contribution in [3.05, 3.63) is 185 Å². The van der Waals surface area contributed by atoms with Crippen LogP contribution in [0.3, 0.4) is 0 Å². The number of aromatic nitrogens is 5. The number of hydrogen-bond acceptors (Lipinski definition) is 5. The Hall–Kier alpha value is -6.53. The molecule has 7 heteroatoms. The van der Waals surface area contributed by atoms with Gasteiger partial charge >= 0.3 is 0 Å². The first-order valence-electron chi connectivity index (χ1n) is 28.0. The summed E-state index contributed by atoms with van der Waals surface area (Å²) in [5, 5.41) is 1.15. The Balaban J connectivity index is 0.000000330. The molecular weight excluding hydrogens is 1070 g/mol. The maximum atomic E-state index is 8.62. The number of furan rings is 1. The van der Waals surface area contributed by atoms with Gasteiger partial charge in [0.05, 0.1) is 34.0 Å². The predicted molar refractivity (Wildman–Crippen MR) is 301 cm³/mol. The summed E-state index contributed by atoms with van der Waals surface area (Å²) in [5.74, 6) is 1.49. The van der Waals surface area contributed by atoms with Gasteiger partial charge in [-0.1, -0.05) is 156 Å². The summed E-state index contributed by atoms with van der Waals surface area (Å²) in [6.45, 7) is 23.5. The van der Waals surface area contributed by atoms with E-state index in [9.17, 15) is 0 Å². The molecule has 0 saturated carbocycles. The molecule has 6 aromatic carbocycles. The molecule has 1 radical (unpaired) electrons. The number of imidazole rings is 1. The molecule has 4 aromatic heterocycles. The van der Waals surface area contributed by atoms with Crippen LogP contribution < -0.4 is 0 Å². The van der Waals surface area contributed by atoms with Crippen LogP contribution in [0.2, 0.25) is 0 Å². The summed E-state index contributed by atoms with van der Waals surface area (Å²) in [7, 11) is 0. The number of pyridine rings is 1. The van der Waals surface area contributed by atoms with Crippen LogP contribution in [0.4, 0.5) is 0 Å². The zero-order valence-electron chi connectivity index (χ0n) is 50.3. The number of nitrogens with zero attached hydrogens (tertiary/aromatic N) is 5. The summed E-state index contributed by atoms with van der Waals surface area (Å²) in [4.78, 5) is 19.1. The molecule has 10 aromatic rings. The summed E-state index contributed by atoms with van der Waals surface area (Å²) in [6, 6.07) is 49.4. The molecule has 0 amide bonds. The number of rotatable bonds is 7. The molecule has 4 heterocycles. The normalized spacial score (nSPS) is 13.7. The van der Waals surface area contributed by atoms with Crippen LogP contribution in [0.1, 0.15) is 149 Å². The van der Waals surface area contributed by atoms with Crippen molar-refractivity contribution in [2.75, 3.05) is 0 Å². The largest absolute Gasteiger partial charge is 0.486 e. The van der Waals surface area contributed by atoms with Gasteiger partial charge in [0, 0.05) is 62.3 Å². The number of fused-ring (bicyclic) bond motifs is 4. The average Bonchev–Trinajstić information content (AvgIpc) is 3.92. The first-order chi connectivity index (χ1) is 36.5. The summed E-state index contributed by atoms with van der Waals surface area (Å²) >= 11 is 0. The van der Waals surface area contributed by atoms with E-state index >= 15 is 0 Å². The third kappa shape index (κ3) is 10.6. The average molecular weight is 1150 g/mol. The fraction of sp³-hybridized carbons (Fsp3) is 0.303. The Labute approximate surface area is 455 Å². The first kappa shape index (κ1) is 45.1. The van der Waals surface area contributed by atoms with Gasteiger partial charge in [-0.3, -0.25) is 15.0 Å². The SMILES string of the molecule is [2H]C([2H])([2H])c1c[c-]c(-c2nc3ccccc3n2-c2c(C(C)C)cc(-c3ccccc3)cc2C(C)C)c2oc3nc(-c4cc(C(C)(C)C)cc(C(C)(C)C)c4)ccc3c12.[2H]C([2H])([2H])c1cnc(-c2[c-]cccc2)nc1C(C)(C)C.[Ir].